The zero-order chi connectivity index (χ0) is 16.2. The number of piperidine rings is 1. The maximum atomic E-state index is 12.5. The van der Waals surface area contributed by atoms with Crippen molar-refractivity contribution in [2.75, 3.05) is 13.1 Å². The van der Waals surface area contributed by atoms with Gasteiger partial charge in [-0.2, -0.15) is 0 Å². The summed E-state index contributed by atoms with van der Waals surface area (Å²) in [6.45, 7) is 3.50. The first kappa shape index (κ1) is 16.3. The summed E-state index contributed by atoms with van der Waals surface area (Å²) in [4.78, 5) is 14.5. The number of phenolic OH excluding ortho intramolecular Hbond substituents is 1. The van der Waals surface area contributed by atoms with Gasteiger partial charge in [-0.05, 0) is 43.4 Å². The van der Waals surface area contributed by atoms with Crippen LogP contribution < -0.4 is 0 Å². The molecule has 23 heavy (non-hydrogen) atoms. The molecule has 2 aromatic rings. The number of aromatic nitrogens is 2. The van der Waals surface area contributed by atoms with E-state index in [2.05, 4.69) is 10.2 Å². The maximum absolute atomic E-state index is 12.5. The highest BCUT2D eigenvalue weighted by molar-refractivity contribution is 8.02. The molecule has 1 N–H and O–H groups in total. The van der Waals surface area contributed by atoms with Gasteiger partial charge in [0.05, 0.1) is 5.25 Å². The summed E-state index contributed by atoms with van der Waals surface area (Å²) in [6.07, 6.45) is 1.93. The van der Waals surface area contributed by atoms with Crippen LogP contribution in [0.3, 0.4) is 0 Å². The first-order chi connectivity index (χ1) is 11.1. The van der Waals surface area contributed by atoms with Crippen molar-refractivity contribution in [3.63, 3.8) is 0 Å². The van der Waals surface area contributed by atoms with Crippen LogP contribution in [0, 0.1) is 0 Å². The van der Waals surface area contributed by atoms with Crippen LogP contribution in [-0.4, -0.2) is 44.5 Å². The van der Waals surface area contributed by atoms with Crippen LogP contribution in [0.2, 0.25) is 0 Å². The Kier molecular flexibility index (Phi) is 5.17. The number of thioether (sulfide) groups is 1. The lowest BCUT2D eigenvalue weighted by Crippen LogP contribution is -2.41. The SMILES string of the molecule is CC(Sc1nncs1)C(=O)N1CCC(c2ccc(O)cc2)CC1. The van der Waals surface area contributed by atoms with E-state index < -0.39 is 0 Å². The second-order valence-corrected chi connectivity index (χ2v) is 8.08. The average Bonchev–Trinajstić information content (AvgIpc) is 3.08. The molecule has 1 aromatic carbocycles. The third-order valence-electron chi connectivity index (χ3n) is 4.14. The molecule has 1 fully saturated rings. The molecule has 7 heteroatoms. The van der Waals surface area contributed by atoms with Crippen LogP contribution in [0.5, 0.6) is 5.75 Å². The molecule has 0 aliphatic carbocycles. The van der Waals surface area contributed by atoms with Crippen LogP contribution in [0.15, 0.2) is 34.1 Å². The van der Waals surface area contributed by atoms with Crippen molar-refractivity contribution >= 4 is 29.0 Å². The highest BCUT2D eigenvalue weighted by atomic mass is 32.2. The molecule has 3 rings (SSSR count). The van der Waals surface area contributed by atoms with Gasteiger partial charge in [0.15, 0.2) is 4.34 Å². The van der Waals surface area contributed by atoms with E-state index in [-0.39, 0.29) is 11.2 Å². The number of hydrogen-bond donors (Lipinski definition) is 1. The normalized spacial score (nSPS) is 17.2. The average molecular weight is 349 g/mol. The summed E-state index contributed by atoms with van der Waals surface area (Å²) in [7, 11) is 0. The van der Waals surface area contributed by atoms with Gasteiger partial charge >= 0.3 is 0 Å². The van der Waals surface area contributed by atoms with Crippen molar-refractivity contribution < 1.29 is 9.90 Å². The van der Waals surface area contributed by atoms with Crippen molar-refractivity contribution in [3.05, 3.63) is 35.3 Å². The summed E-state index contributed by atoms with van der Waals surface area (Å²) >= 11 is 2.94. The summed E-state index contributed by atoms with van der Waals surface area (Å²) in [5, 5.41) is 17.0. The minimum Gasteiger partial charge on any atom is -0.508 e. The Morgan fingerprint density at radius 1 is 1.35 bits per heavy atom. The molecule has 5 nitrogen and oxygen atoms in total. The van der Waals surface area contributed by atoms with Gasteiger partial charge in [0.25, 0.3) is 0 Å². The lowest BCUT2D eigenvalue weighted by molar-refractivity contribution is -0.131. The van der Waals surface area contributed by atoms with Gasteiger partial charge in [-0.3, -0.25) is 4.79 Å². The number of carbonyl (C=O) groups is 1. The highest BCUT2D eigenvalue weighted by Crippen LogP contribution is 2.31. The van der Waals surface area contributed by atoms with Gasteiger partial charge in [-0.25, -0.2) is 0 Å². The van der Waals surface area contributed by atoms with Gasteiger partial charge in [0.1, 0.15) is 11.3 Å². The number of phenols is 1. The van der Waals surface area contributed by atoms with Gasteiger partial charge in [0.2, 0.25) is 5.91 Å². The van der Waals surface area contributed by atoms with E-state index in [1.165, 1.54) is 28.7 Å². The Labute approximate surface area is 143 Å². The Balaban J connectivity index is 1.53. The van der Waals surface area contributed by atoms with Crippen LogP contribution >= 0.6 is 23.1 Å². The van der Waals surface area contributed by atoms with Crippen molar-refractivity contribution in [3.8, 4) is 5.75 Å². The van der Waals surface area contributed by atoms with E-state index in [4.69, 9.17) is 0 Å². The number of likely N-dealkylation sites (tertiary alicyclic amines) is 1. The molecular formula is C16H19N3O2S2. The fourth-order valence-electron chi connectivity index (χ4n) is 2.85. The first-order valence-electron chi connectivity index (χ1n) is 7.64. The van der Waals surface area contributed by atoms with E-state index in [0.29, 0.717) is 11.7 Å². The molecule has 1 saturated heterocycles. The highest BCUT2D eigenvalue weighted by Gasteiger charge is 2.27. The molecule has 1 aliphatic heterocycles. The summed E-state index contributed by atoms with van der Waals surface area (Å²) in [5.41, 5.74) is 2.93. The number of hydrogen-bond acceptors (Lipinski definition) is 6. The van der Waals surface area contributed by atoms with Crippen molar-refractivity contribution in [1.29, 1.82) is 0 Å². The fourth-order valence-corrected chi connectivity index (χ4v) is 4.56. The molecule has 2 heterocycles. The van der Waals surface area contributed by atoms with Crippen LogP contribution in [0.1, 0.15) is 31.2 Å². The predicted octanol–water partition coefficient (Wildman–Crippen LogP) is 3.13. The molecule has 1 aliphatic rings. The molecule has 1 amide bonds. The molecule has 0 saturated carbocycles. The second-order valence-electron chi connectivity index (χ2n) is 5.66. The summed E-state index contributed by atoms with van der Waals surface area (Å²) in [6, 6.07) is 7.41. The number of carbonyl (C=O) groups excluding carboxylic acids is 1. The second kappa shape index (κ2) is 7.31. The Morgan fingerprint density at radius 2 is 2.04 bits per heavy atom. The predicted molar refractivity (Wildman–Crippen MR) is 91.9 cm³/mol. The van der Waals surface area contributed by atoms with Crippen LogP contribution in [-0.2, 0) is 4.79 Å². The number of aromatic hydroxyl groups is 1. The smallest absolute Gasteiger partial charge is 0.235 e. The fraction of sp³-hybridized carbons (Fsp3) is 0.438. The van der Waals surface area contributed by atoms with E-state index >= 15 is 0 Å². The number of nitrogens with zero attached hydrogens (tertiary/aromatic N) is 3. The topological polar surface area (TPSA) is 66.3 Å². The van der Waals surface area contributed by atoms with Crippen molar-refractivity contribution in [2.24, 2.45) is 0 Å². The van der Waals surface area contributed by atoms with Crippen LogP contribution in [0.4, 0.5) is 0 Å². The van der Waals surface area contributed by atoms with Gasteiger partial charge in [-0.1, -0.05) is 35.2 Å². The molecule has 0 radical (unpaired) electrons. The van der Waals surface area contributed by atoms with Crippen molar-refractivity contribution in [1.82, 2.24) is 15.1 Å². The Hall–Kier alpha value is -1.60. The molecule has 1 unspecified atom stereocenters. The lowest BCUT2D eigenvalue weighted by Gasteiger charge is -2.33. The van der Waals surface area contributed by atoms with Crippen molar-refractivity contribution in [2.45, 2.75) is 35.3 Å². The Bertz CT molecular complexity index is 638. The summed E-state index contributed by atoms with van der Waals surface area (Å²) in [5.74, 6) is 0.934. The van der Waals surface area contributed by atoms with E-state index in [0.717, 1.165) is 30.3 Å². The number of rotatable bonds is 4. The maximum Gasteiger partial charge on any atom is 0.235 e. The minimum absolute atomic E-state index is 0.131. The number of amides is 1. The monoisotopic (exact) mass is 349 g/mol. The molecule has 122 valence electrons. The number of benzene rings is 1. The van der Waals surface area contributed by atoms with Gasteiger partial charge < -0.3 is 10.0 Å². The minimum atomic E-state index is -0.131. The Morgan fingerprint density at radius 3 is 2.65 bits per heavy atom. The zero-order valence-electron chi connectivity index (χ0n) is 12.9. The summed E-state index contributed by atoms with van der Waals surface area (Å²) < 4.78 is 0.838. The van der Waals surface area contributed by atoms with Crippen LogP contribution in [0.25, 0.3) is 0 Å². The molecule has 0 spiro atoms. The molecule has 1 aromatic heterocycles. The molecular weight excluding hydrogens is 330 g/mol. The molecule has 0 bridgehead atoms. The van der Waals surface area contributed by atoms with E-state index in [1.54, 1.807) is 17.6 Å². The first-order valence-corrected chi connectivity index (χ1v) is 9.40. The third-order valence-corrected chi connectivity index (χ3v) is 6.04. The molecule has 1 atom stereocenters. The zero-order valence-corrected chi connectivity index (χ0v) is 14.5. The standard InChI is InChI=1S/C16H19N3O2S2/c1-11(23-16-18-17-10-22-16)15(21)19-8-6-13(7-9-19)12-2-4-14(20)5-3-12/h2-5,10-11,13,20H,6-9H2,1H3. The van der Waals surface area contributed by atoms with E-state index in [1.807, 2.05) is 24.0 Å². The van der Waals surface area contributed by atoms with Gasteiger partial charge in [-0.15, -0.1) is 10.2 Å². The lowest BCUT2D eigenvalue weighted by atomic mass is 9.89. The van der Waals surface area contributed by atoms with Gasteiger partial charge in [0, 0.05) is 13.1 Å². The largest absolute Gasteiger partial charge is 0.508 e. The quantitative estimate of drug-likeness (QED) is 0.859. The third kappa shape index (κ3) is 4.03. The van der Waals surface area contributed by atoms with E-state index in [9.17, 15) is 9.90 Å².